The molecular weight excluding hydrogens is 288 g/mol. The van der Waals surface area contributed by atoms with Gasteiger partial charge in [-0.2, -0.15) is 0 Å². The average Bonchev–Trinajstić information content (AvgIpc) is 3.01. The molecule has 0 bridgehead atoms. The van der Waals surface area contributed by atoms with Gasteiger partial charge in [0, 0.05) is 23.6 Å². The number of aromatic nitrogens is 2. The van der Waals surface area contributed by atoms with Gasteiger partial charge in [0.25, 0.3) is 0 Å². The van der Waals surface area contributed by atoms with Crippen LogP contribution in [0.2, 0.25) is 0 Å². The van der Waals surface area contributed by atoms with Gasteiger partial charge in [-0.3, -0.25) is 0 Å². The number of hydrogen-bond donors (Lipinski definition) is 1. The minimum absolute atomic E-state index is 0.528. The van der Waals surface area contributed by atoms with Gasteiger partial charge in [-0.1, -0.05) is 12.1 Å². The van der Waals surface area contributed by atoms with Crippen LogP contribution >= 0.6 is 0 Å². The van der Waals surface area contributed by atoms with Crippen LogP contribution in [-0.4, -0.2) is 22.4 Å². The molecule has 0 spiro atoms. The maximum atomic E-state index is 5.62. The number of benzene rings is 2. The first-order valence-corrected chi connectivity index (χ1v) is 7.53. The van der Waals surface area contributed by atoms with Gasteiger partial charge in [0.1, 0.15) is 5.75 Å². The molecule has 4 rings (SSSR count). The molecule has 0 fully saturated rings. The summed E-state index contributed by atoms with van der Waals surface area (Å²) in [5.41, 5.74) is 9.52. The molecule has 0 saturated carbocycles. The topological polar surface area (TPSA) is 73.4 Å². The van der Waals surface area contributed by atoms with E-state index in [1.165, 1.54) is 5.56 Å². The standard InChI is InChI=1S/C18H16N4O/c1-11(19)21-15-4-5-16-14(8-15)10-20-18(22-16)13-3-2-12-6-7-23-17(12)9-13/h2-5,8-10H,6-7H2,1H3,(H2,19,21). The Balaban J connectivity index is 1.76. The van der Waals surface area contributed by atoms with Crippen LogP contribution in [0.4, 0.5) is 5.69 Å². The van der Waals surface area contributed by atoms with Crippen LogP contribution < -0.4 is 10.5 Å². The highest BCUT2D eigenvalue weighted by molar-refractivity contribution is 5.86. The summed E-state index contributed by atoms with van der Waals surface area (Å²) >= 11 is 0. The summed E-state index contributed by atoms with van der Waals surface area (Å²) < 4.78 is 5.62. The van der Waals surface area contributed by atoms with E-state index in [2.05, 4.69) is 21.0 Å². The molecule has 0 amide bonds. The summed E-state index contributed by atoms with van der Waals surface area (Å²) in [6, 6.07) is 11.9. The molecule has 23 heavy (non-hydrogen) atoms. The zero-order valence-electron chi connectivity index (χ0n) is 12.8. The van der Waals surface area contributed by atoms with E-state index in [4.69, 9.17) is 10.5 Å². The smallest absolute Gasteiger partial charge is 0.159 e. The number of amidine groups is 1. The van der Waals surface area contributed by atoms with Crippen LogP contribution in [0.3, 0.4) is 0 Å². The van der Waals surface area contributed by atoms with Gasteiger partial charge >= 0.3 is 0 Å². The van der Waals surface area contributed by atoms with Crippen LogP contribution in [0.1, 0.15) is 12.5 Å². The second-order valence-electron chi connectivity index (χ2n) is 5.61. The fourth-order valence-electron chi connectivity index (χ4n) is 2.74. The summed E-state index contributed by atoms with van der Waals surface area (Å²) in [5.74, 6) is 2.16. The Morgan fingerprint density at radius 2 is 2.13 bits per heavy atom. The second-order valence-corrected chi connectivity index (χ2v) is 5.61. The van der Waals surface area contributed by atoms with Gasteiger partial charge in [-0.25, -0.2) is 15.0 Å². The van der Waals surface area contributed by atoms with E-state index < -0.39 is 0 Å². The highest BCUT2D eigenvalue weighted by Crippen LogP contribution is 2.30. The third-order valence-corrected chi connectivity index (χ3v) is 3.82. The number of ether oxygens (including phenoxy) is 1. The summed E-state index contributed by atoms with van der Waals surface area (Å²) in [6.07, 6.45) is 2.79. The predicted octanol–water partition coefficient (Wildman–Crippen LogP) is 3.24. The Bertz CT molecular complexity index is 929. The maximum absolute atomic E-state index is 5.62. The lowest BCUT2D eigenvalue weighted by Crippen LogP contribution is -2.03. The molecule has 5 heteroatoms. The van der Waals surface area contributed by atoms with E-state index in [-0.39, 0.29) is 0 Å². The van der Waals surface area contributed by atoms with Crippen molar-refractivity contribution in [2.75, 3.05) is 6.61 Å². The van der Waals surface area contributed by atoms with Gasteiger partial charge in [0.15, 0.2) is 5.82 Å². The lowest BCUT2D eigenvalue weighted by molar-refractivity contribution is 0.357. The molecule has 0 aliphatic carbocycles. The molecule has 2 heterocycles. The Morgan fingerprint density at radius 1 is 1.22 bits per heavy atom. The minimum Gasteiger partial charge on any atom is -0.493 e. The Hall–Kier alpha value is -2.95. The summed E-state index contributed by atoms with van der Waals surface area (Å²) in [5, 5.41) is 0.939. The van der Waals surface area contributed by atoms with Crippen LogP contribution in [0.25, 0.3) is 22.3 Å². The van der Waals surface area contributed by atoms with Crippen LogP contribution in [0.15, 0.2) is 47.6 Å². The third-order valence-electron chi connectivity index (χ3n) is 3.82. The van der Waals surface area contributed by atoms with E-state index in [1.54, 1.807) is 6.92 Å². The lowest BCUT2D eigenvalue weighted by atomic mass is 10.1. The molecule has 1 aromatic heterocycles. The zero-order chi connectivity index (χ0) is 15.8. The molecule has 2 aromatic carbocycles. The number of nitrogens with zero attached hydrogens (tertiary/aromatic N) is 3. The van der Waals surface area contributed by atoms with Crippen LogP contribution in [0.5, 0.6) is 5.75 Å². The first kappa shape index (κ1) is 13.7. The molecule has 3 aromatic rings. The van der Waals surface area contributed by atoms with Crippen LogP contribution in [-0.2, 0) is 6.42 Å². The summed E-state index contributed by atoms with van der Waals surface area (Å²) in [7, 11) is 0. The maximum Gasteiger partial charge on any atom is 0.159 e. The monoisotopic (exact) mass is 304 g/mol. The van der Waals surface area contributed by atoms with Crippen LogP contribution in [0, 0.1) is 0 Å². The molecule has 2 N–H and O–H groups in total. The van der Waals surface area contributed by atoms with Crippen molar-refractivity contribution in [1.82, 2.24) is 9.97 Å². The Labute approximate surface area is 133 Å². The number of rotatable bonds is 2. The molecule has 0 radical (unpaired) electrons. The number of hydrogen-bond acceptors (Lipinski definition) is 4. The fraction of sp³-hybridized carbons (Fsp3) is 0.167. The highest BCUT2D eigenvalue weighted by atomic mass is 16.5. The SMILES string of the molecule is CC(N)=Nc1ccc2nc(-c3ccc4c(c3)OCC4)ncc2c1. The van der Waals surface area contributed by atoms with Crippen molar-refractivity contribution in [2.45, 2.75) is 13.3 Å². The first-order chi connectivity index (χ1) is 11.2. The van der Waals surface area contributed by atoms with Gasteiger partial charge < -0.3 is 10.5 Å². The molecular formula is C18H16N4O. The van der Waals surface area contributed by atoms with Gasteiger partial charge in [0.2, 0.25) is 0 Å². The molecule has 1 aliphatic rings. The zero-order valence-corrected chi connectivity index (χ0v) is 12.8. The summed E-state index contributed by atoms with van der Waals surface area (Å²) in [4.78, 5) is 13.4. The Morgan fingerprint density at radius 3 is 3.00 bits per heavy atom. The van der Waals surface area contributed by atoms with E-state index in [1.807, 2.05) is 36.5 Å². The number of aliphatic imine (C=N–C) groups is 1. The average molecular weight is 304 g/mol. The van der Waals surface area contributed by atoms with Gasteiger partial charge in [-0.15, -0.1) is 0 Å². The van der Waals surface area contributed by atoms with Crippen molar-refractivity contribution in [3.05, 3.63) is 48.2 Å². The molecule has 1 aliphatic heterocycles. The van der Waals surface area contributed by atoms with Crippen molar-refractivity contribution in [3.8, 4) is 17.1 Å². The van der Waals surface area contributed by atoms with Crippen molar-refractivity contribution >= 4 is 22.4 Å². The third kappa shape index (κ3) is 2.61. The highest BCUT2D eigenvalue weighted by Gasteiger charge is 2.13. The lowest BCUT2D eigenvalue weighted by Gasteiger charge is -2.05. The van der Waals surface area contributed by atoms with Crippen molar-refractivity contribution in [2.24, 2.45) is 10.7 Å². The second kappa shape index (κ2) is 5.35. The van der Waals surface area contributed by atoms with E-state index in [0.29, 0.717) is 11.7 Å². The number of fused-ring (bicyclic) bond motifs is 2. The van der Waals surface area contributed by atoms with Crippen molar-refractivity contribution < 1.29 is 4.74 Å². The molecule has 0 saturated heterocycles. The van der Waals surface area contributed by atoms with Gasteiger partial charge in [-0.05, 0) is 36.8 Å². The van der Waals surface area contributed by atoms with E-state index in [0.717, 1.165) is 40.9 Å². The van der Waals surface area contributed by atoms with Gasteiger partial charge in [0.05, 0.1) is 23.6 Å². The molecule has 0 atom stereocenters. The predicted molar refractivity (Wildman–Crippen MR) is 91.1 cm³/mol. The van der Waals surface area contributed by atoms with Crippen molar-refractivity contribution in [1.29, 1.82) is 0 Å². The molecule has 114 valence electrons. The Kier molecular flexibility index (Phi) is 3.19. The summed E-state index contributed by atoms with van der Waals surface area (Å²) in [6.45, 7) is 2.51. The van der Waals surface area contributed by atoms with E-state index >= 15 is 0 Å². The van der Waals surface area contributed by atoms with Crippen molar-refractivity contribution in [3.63, 3.8) is 0 Å². The largest absolute Gasteiger partial charge is 0.493 e. The molecule has 0 unspecified atom stereocenters. The fourth-order valence-corrected chi connectivity index (χ4v) is 2.74. The number of nitrogens with two attached hydrogens (primary N) is 1. The molecule has 5 nitrogen and oxygen atoms in total. The normalized spacial score (nSPS) is 13.9. The quantitative estimate of drug-likeness (QED) is 0.582. The minimum atomic E-state index is 0.528. The first-order valence-electron chi connectivity index (χ1n) is 7.53. The van der Waals surface area contributed by atoms with E-state index in [9.17, 15) is 0 Å².